The second-order valence-corrected chi connectivity index (χ2v) is 9.27. The van der Waals surface area contributed by atoms with Crippen LogP contribution in [0.3, 0.4) is 0 Å². The van der Waals surface area contributed by atoms with Crippen molar-refractivity contribution in [2.24, 2.45) is 11.8 Å². The minimum absolute atomic E-state index is 0.110. The standard InChI is InChI=1S/C26H28N4O3/c1-28(15-18-6-5-9-20(12-18)19-7-3-2-4-8-19)23-13-21-16-29(17-22(21)14-23)26(33)30-11-10-24(27-30)25(31)32/h2-12,21-23H,13-17H2,1H3,(H,31,32)/t21-,22+,23?. The van der Waals surface area contributed by atoms with Gasteiger partial charge in [0.1, 0.15) is 0 Å². The lowest BCUT2D eigenvalue weighted by Crippen LogP contribution is -2.36. The highest BCUT2D eigenvalue weighted by Gasteiger charge is 2.43. The number of likely N-dealkylation sites (tertiary alicyclic amines) is 1. The average Bonchev–Trinajstić information content (AvgIpc) is 3.54. The Labute approximate surface area is 193 Å². The summed E-state index contributed by atoms with van der Waals surface area (Å²) in [6.07, 6.45) is 3.58. The zero-order valence-electron chi connectivity index (χ0n) is 18.7. The molecule has 1 aliphatic heterocycles. The molecular weight excluding hydrogens is 416 g/mol. The van der Waals surface area contributed by atoms with Crippen LogP contribution in [0.5, 0.6) is 0 Å². The molecule has 2 aromatic carbocycles. The second-order valence-electron chi connectivity index (χ2n) is 9.27. The van der Waals surface area contributed by atoms with E-state index in [0.29, 0.717) is 31.0 Å². The Morgan fingerprint density at radius 3 is 2.36 bits per heavy atom. The van der Waals surface area contributed by atoms with Crippen molar-refractivity contribution >= 4 is 12.0 Å². The van der Waals surface area contributed by atoms with Crippen LogP contribution in [0.25, 0.3) is 11.1 Å². The minimum Gasteiger partial charge on any atom is -0.476 e. The molecule has 7 heteroatoms. The predicted molar refractivity (Wildman–Crippen MR) is 125 cm³/mol. The molecule has 2 heterocycles. The third-order valence-electron chi connectivity index (χ3n) is 7.09. The molecule has 1 N–H and O–H groups in total. The van der Waals surface area contributed by atoms with Gasteiger partial charge in [0.05, 0.1) is 0 Å². The van der Waals surface area contributed by atoms with Crippen molar-refractivity contribution in [3.05, 3.63) is 78.1 Å². The van der Waals surface area contributed by atoms with Gasteiger partial charge in [0.2, 0.25) is 0 Å². The van der Waals surface area contributed by atoms with E-state index in [1.54, 1.807) is 0 Å². The first kappa shape index (κ1) is 21.4. The van der Waals surface area contributed by atoms with Crippen molar-refractivity contribution < 1.29 is 14.7 Å². The molecule has 1 aliphatic carbocycles. The summed E-state index contributed by atoms with van der Waals surface area (Å²) in [6, 6.07) is 20.8. The Kier molecular flexibility index (Phi) is 5.72. The molecule has 1 saturated carbocycles. The quantitative estimate of drug-likeness (QED) is 0.642. The van der Waals surface area contributed by atoms with Crippen LogP contribution in [0.1, 0.15) is 28.9 Å². The summed E-state index contributed by atoms with van der Waals surface area (Å²) in [6.45, 7) is 2.32. The van der Waals surface area contributed by atoms with Crippen molar-refractivity contribution in [2.45, 2.75) is 25.4 Å². The van der Waals surface area contributed by atoms with Gasteiger partial charge in [0.25, 0.3) is 0 Å². The molecule has 1 saturated heterocycles. The first-order valence-corrected chi connectivity index (χ1v) is 11.4. The third-order valence-corrected chi connectivity index (χ3v) is 7.09. The minimum atomic E-state index is -1.12. The highest BCUT2D eigenvalue weighted by atomic mass is 16.4. The Bertz CT molecular complexity index is 1150. The lowest BCUT2D eigenvalue weighted by atomic mass is 10.0. The summed E-state index contributed by atoms with van der Waals surface area (Å²) in [5.74, 6) is -0.168. The number of fused-ring (bicyclic) bond motifs is 1. The van der Waals surface area contributed by atoms with Gasteiger partial charge in [-0.05, 0) is 60.5 Å². The van der Waals surface area contributed by atoms with Crippen molar-refractivity contribution in [1.82, 2.24) is 19.6 Å². The molecule has 1 amide bonds. The van der Waals surface area contributed by atoms with Gasteiger partial charge >= 0.3 is 12.0 Å². The maximum Gasteiger partial charge on any atom is 0.356 e. The van der Waals surface area contributed by atoms with Gasteiger partial charge in [-0.15, -0.1) is 0 Å². The van der Waals surface area contributed by atoms with Crippen molar-refractivity contribution in [2.75, 3.05) is 20.1 Å². The number of aromatic carboxylic acids is 1. The molecule has 7 nitrogen and oxygen atoms in total. The first-order chi connectivity index (χ1) is 16.0. The van der Waals surface area contributed by atoms with E-state index in [2.05, 4.69) is 65.6 Å². The van der Waals surface area contributed by atoms with E-state index in [0.717, 1.165) is 24.1 Å². The van der Waals surface area contributed by atoms with E-state index in [4.69, 9.17) is 5.11 Å². The van der Waals surface area contributed by atoms with E-state index in [9.17, 15) is 9.59 Å². The average molecular weight is 445 g/mol. The molecule has 2 aliphatic rings. The van der Waals surface area contributed by atoms with Gasteiger partial charge in [-0.2, -0.15) is 9.78 Å². The van der Waals surface area contributed by atoms with Crippen LogP contribution in [-0.4, -0.2) is 62.9 Å². The van der Waals surface area contributed by atoms with Gasteiger partial charge in [-0.3, -0.25) is 4.90 Å². The van der Waals surface area contributed by atoms with Crippen LogP contribution in [-0.2, 0) is 6.54 Å². The molecule has 1 aromatic heterocycles. The summed E-state index contributed by atoms with van der Waals surface area (Å²) in [5.41, 5.74) is 3.67. The van der Waals surface area contributed by atoms with Crippen molar-refractivity contribution in [3.8, 4) is 11.1 Å². The number of carbonyl (C=O) groups is 2. The zero-order valence-corrected chi connectivity index (χ0v) is 18.7. The lowest BCUT2D eigenvalue weighted by Gasteiger charge is -2.26. The van der Waals surface area contributed by atoms with Crippen LogP contribution >= 0.6 is 0 Å². The number of benzene rings is 2. The summed E-state index contributed by atoms with van der Waals surface area (Å²) < 4.78 is 1.15. The van der Waals surface area contributed by atoms with Crippen LogP contribution in [0.4, 0.5) is 4.79 Å². The highest BCUT2D eigenvalue weighted by molar-refractivity contribution is 5.86. The van der Waals surface area contributed by atoms with E-state index in [-0.39, 0.29) is 11.7 Å². The summed E-state index contributed by atoms with van der Waals surface area (Å²) in [4.78, 5) is 28.0. The molecule has 5 rings (SSSR count). The molecule has 0 bridgehead atoms. The van der Waals surface area contributed by atoms with Crippen LogP contribution in [0.2, 0.25) is 0 Å². The first-order valence-electron chi connectivity index (χ1n) is 11.4. The SMILES string of the molecule is CN(Cc1cccc(-c2ccccc2)c1)C1C[C@@H]2CN(C(=O)n3ccc(C(=O)O)n3)C[C@@H]2C1. The van der Waals surface area contributed by atoms with Crippen LogP contribution < -0.4 is 0 Å². The van der Waals surface area contributed by atoms with Gasteiger partial charge in [-0.1, -0.05) is 48.5 Å². The summed E-state index contributed by atoms with van der Waals surface area (Å²) in [5, 5.41) is 12.9. The van der Waals surface area contributed by atoms with Gasteiger partial charge in [0.15, 0.2) is 5.69 Å². The fourth-order valence-electron chi connectivity index (χ4n) is 5.37. The highest BCUT2D eigenvalue weighted by Crippen LogP contribution is 2.40. The molecule has 3 atom stereocenters. The number of aromatic nitrogens is 2. The number of carboxylic acid groups (broad SMARTS) is 1. The van der Waals surface area contributed by atoms with Crippen molar-refractivity contribution in [1.29, 1.82) is 0 Å². The molecule has 33 heavy (non-hydrogen) atoms. The van der Waals surface area contributed by atoms with Crippen LogP contribution in [0, 0.1) is 11.8 Å². The molecule has 3 aromatic rings. The van der Waals surface area contributed by atoms with Gasteiger partial charge < -0.3 is 10.0 Å². The number of hydrogen-bond acceptors (Lipinski definition) is 4. The van der Waals surface area contributed by atoms with E-state index in [1.807, 2.05) is 11.0 Å². The van der Waals surface area contributed by atoms with Crippen molar-refractivity contribution in [3.63, 3.8) is 0 Å². The molecule has 0 spiro atoms. The smallest absolute Gasteiger partial charge is 0.356 e. The number of nitrogens with zero attached hydrogens (tertiary/aromatic N) is 4. The number of hydrogen-bond donors (Lipinski definition) is 1. The monoisotopic (exact) mass is 444 g/mol. The summed E-state index contributed by atoms with van der Waals surface area (Å²) in [7, 11) is 2.20. The Hall–Kier alpha value is -3.45. The van der Waals surface area contributed by atoms with E-state index < -0.39 is 5.97 Å². The third kappa shape index (κ3) is 4.41. The van der Waals surface area contributed by atoms with Gasteiger partial charge in [0, 0.05) is 31.9 Å². The zero-order chi connectivity index (χ0) is 22.9. The Morgan fingerprint density at radius 2 is 1.70 bits per heavy atom. The van der Waals surface area contributed by atoms with E-state index in [1.165, 1.54) is 29.0 Å². The number of rotatable bonds is 5. The molecule has 170 valence electrons. The fourth-order valence-corrected chi connectivity index (χ4v) is 5.37. The predicted octanol–water partition coefficient (Wildman–Crippen LogP) is 4.06. The van der Waals surface area contributed by atoms with Gasteiger partial charge in [-0.25, -0.2) is 9.59 Å². The number of amides is 1. The maximum absolute atomic E-state index is 12.7. The molecular formula is C26H28N4O3. The summed E-state index contributed by atoms with van der Waals surface area (Å²) >= 11 is 0. The second kappa shape index (κ2) is 8.83. The Morgan fingerprint density at radius 1 is 1.00 bits per heavy atom. The molecule has 0 radical (unpaired) electrons. The maximum atomic E-state index is 12.7. The lowest BCUT2D eigenvalue weighted by molar-refractivity contribution is 0.0690. The normalized spacial score (nSPS) is 22.0. The topological polar surface area (TPSA) is 78.7 Å². The molecule has 2 fully saturated rings. The fraction of sp³-hybridized carbons (Fsp3) is 0.346. The molecule has 1 unspecified atom stereocenters. The number of carbonyl (C=O) groups excluding carboxylic acids is 1. The number of carboxylic acids is 1. The van der Waals surface area contributed by atoms with Crippen LogP contribution in [0.15, 0.2) is 66.9 Å². The largest absolute Gasteiger partial charge is 0.476 e. The Balaban J connectivity index is 1.18. The van der Waals surface area contributed by atoms with E-state index >= 15 is 0 Å².